The molecule has 5 nitrogen and oxygen atoms in total. The summed E-state index contributed by atoms with van der Waals surface area (Å²) in [4.78, 5) is 26.5. The van der Waals surface area contributed by atoms with Crippen LogP contribution in [0.1, 0.15) is 29.2 Å². The first-order valence-electron chi connectivity index (χ1n) is 8.80. The van der Waals surface area contributed by atoms with Gasteiger partial charge in [0.25, 0.3) is 11.5 Å². The number of nitrogens with zero attached hydrogens (tertiary/aromatic N) is 3. The second-order valence-electron chi connectivity index (χ2n) is 6.52. The number of rotatable bonds is 3. The van der Waals surface area contributed by atoms with Gasteiger partial charge in [-0.05, 0) is 42.5 Å². The molecule has 0 spiro atoms. The lowest BCUT2D eigenvalue weighted by Gasteiger charge is -2.32. The topological polar surface area (TPSA) is 55.2 Å². The Morgan fingerprint density at radius 2 is 1.89 bits per heavy atom. The Bertz CT molecular complexity index is 1010. The average molecular weight is 383 g/mol. The molecule has 1 amide bonds. The molecule has 1 fully saturated rings. The summed E-state index contributed by atoms with van der Waals surface area (Å²) >= 11 is 1.58. The van der Waals surface area contributed by atoms with Crippen molar-refractivity contribution in [3.05, 3.63) is 75.0 Å². The van der Waals surface area contributed by atoms with Crippen molar-refractivity contribution in [3.63, 3.8) is 0 Å². The highest BCUT2D eigenvalue weighted by molar-refractivity contribution is 7.08. The lowest BCUT2D eigenvalue weighted by atomic mass is 10.0. The van der Waals surface area contributed by atoms with E-state index in [0.717, 1.165) is 11.3 Å². The first-order valence-corrected chi connectivity index (χ1v) is 9.74. The molecule has 1 aliphatic heterocycles. The van der Waals surface area contributed by atoms with Crippen LogP contribution in [0.15, 0.2) is 58.0 Å². The third-order valence-electron chi connectivity index (χ3n) is 4.84. The van der Waals surface area contributed by atoms with E-state index in [1.54, 1.807) is 34.4 Å². The van der Waals surface area contributed by atoms with Crippen LogP contribution in [0.4, 0.5) is 4.39 Å². The third kappa shape index (κ3) is 3.55. The highest BCUT2D eigenvalue weighted by Gasteiger charge is 2.27. The zero-order chi connectivity index (χ0) is 18.8. The summed E-state index contributed by atoms with van der Waals surface area (Å²) in [7, 11) is 0. The molecule has 4 rings (SSSR count). The number of aromatic nitrogens is 2. The van der Waals surface area contributed by atoms with Crippen LogP contribution < -0.4 is 5.56 Å². The van der Waals surface area contributed by atoms with Gasteiger partial charge in [-0.15, -0.1) is 0 Å². The summed E-state index contributed by atoms with van der Waals surface area (Å²) in [6, 6.07) is 11.2. The van der Waals surface area contributed by atoms with Gasteiger partial charge in [-0.2, -0.15) is 16.4 Å². The van der Waals surface area contributed by atoms with Crippen molar-refractivity contribution in [3.8, 4) is 11.3 Å². The summed E-state index contributed by atoms with van der Waals surface area (Å²) in [5.41, 5.74) is 1.69. The minimum Gasteiger partial charge on any atom is -0.338 e. The van der Waals surface area contributed by atoms with Crippen LogP contribution in [0.3, 0.4) is 0 Å². The summed E-state index contributed by atoms with van der Waals surface area (Å²) in [6.45, 7) is 0.934. The Labute approximate surface area is 159 Å². The molecule has 2 aromatic heterocycles. The van der Waals surface area contributed by atoms with Gasteiger partial charge in [0.1, 0.15) is 5.82 Å². The predicted octanol–water partition coefficient (Wildman–Crippen LogP) is 3.59. The van der Waals surface area contributed by atoms with Crippen LogP contribution in [0.2, 0.25) is 0 Å². The fourth-order valence-corrected chi connectivity index (χ4v) is 4.02. The molecule has 0 radical (unpaired) electrons. The maximum Gasteiger partial charge on any atom is 0.267 e. The average Bonchev–Trinajstić information content (AvgIpc) is 3.23. The van der Waals surface area contributed by atoms with Gasteiger partial charge in [0.2, 0.25) is 0 Å². The molecule has 138 valence electrons. The van der Waals surface area contributed by atoms with E-state index in [2.05, 4.69) is 5.10 Å². The first-order chi connectivity index (χ1) is 13.1. The quantitative estimate of drug-likeness (QED) is 0.695. The number of likely N-dealkylation sites (tertiary alicyclic amines) is 1. The molecule has 3 aromatic rings. The molecule has 0 N–H and O–H groups in total. The van der Waals surface area contributed by atoms with E-state index < -0.39 is 5.82 Å². The number of hydrogen-bond acceptors (Lipinski definition) is 4. The van der Waals surface area contributed by atoms with Gasteiger partial charge < -0.3 is 4.90 Å². The zero-order valence-corrected chi connectivity index (χ0v) is 15.4. The van der Waals surface area contributed by atoms with Crippen molar-refractivity contribution in [2.24, 2.45) is 0 Å². The molecule has 1 aliphatic rings. The number of piperidine rings is 1. The fraction of sp³-hybridized carbons (Fsp3) is 0.250. The van der Waals surface area contributed by atoms with E-state index in [0.29, 0.717) is 25.9 Å². The molecule has 0 unspecified atom stereocenters. The lowest BCUT2D eigenvalue weighted by Crippen LogP contribution is -2.41. The van der Waals surface area contributed by atoms with Crippen LogP contribution >= 0.6 is 11.3 Å². The van der Waals surface area contributed by atoms with Crippen molar-refractivity contribution in [2.75, 3.05) is 13.1 Å². The van der Waals surface area contributed by atoms with Crippen molar-refractivity contribution in [1.29, 1.82) is 0 Å². The summed E-state index contributed by atoms with van der Waals surface area (Å²) in [6.07, 6.45) is 1.22. The molecule has 0 atom stereocenters. The van der Waals surface area contributed by atoms with Crippen molar-refractivity contribution in [1.82, 2.24) is 14.7 Å². The standard InChI is InChI=1S/C20H18FN3O2S/c21-17-4-2-1-3-16(17)20(26)23-10-7-15(8-11-23)24-19(25)6-5-18(22-24)14-9-12-27-13-14/h1-6,9,12-13,15H,7-8,10-11H2. The van der Waals surface area contributed by atoms with Crippen LogP contribution in [0.25, 0.3) is 11.3 Å². The van der Waals surface area contributed by atoms with Crippen LogP contribution in [-0.2, 0) is 0 Å². The SMILES string of the molecule is O=C(c1ccccc1F)N1CCC(n2nc(-c3ccsc3)ccc2=O)CC1. The third-order valence-corrected chi connectivity index (χ3v) is 5.53. The van der Waals surface area contributed by atoms with E-state index in [-0.39, 0.29) is 23.1 Å². The van der Waals surface area contributed by atoms with Crippen LogP contribution in [0.5, 0.6) is 0 Å². The summed E-state index contributed by atoms with van der Waals surface area (Å²) < 4.78 is 15.4. The maximum absolute atomic E-state index is 13.9. The van der Waals surface area contributed by atoms with E-state index in [4.69, 9.17) is 0 Å². The van der Waals surface area contributed by atoms with E-state index >= 15 is 0 Å². The van der Waals surface area contributed by atoms with Gasteiger partial charge in [-0.25, -0.2) is 9.07 Å². The number of carbonyl (C=O) groups excluding carboxylic acids is 1. The maximum atomic E-state index is 13.9. The molecule has 0 bridgehead atoms. The summed E-state index contributed by atoms with van der Waals surface area (Å²) in [5.74, 6) is -0.815. The minimum atomic E-state index is -0.508. The number of hydrogen-bond donors (Lipinski definition) is 0. The number of halogens is 1. The monoisotopic (exact) mass is 383 g/mol. The Morgan fingerprint density at radius 3 is 2.59 bits per heavy atom. The Kier molecular flexibility index (Phi) is 4.85. The van der Waals surface area contributed by atoms with Gasteiger partial charge in [0, 0.05) is 30.1 Å². The highest BCUT2D eigenvalue weighted by atomic mass is 32.1. The van der Waals surface area contributed by atoms with E-state index in [9.17, 15) is 14.0 Å². The zero-order valence-electron chi connectivity index (χ0n) is 14.5. The minimum absolute atomic E-state index is 0.0687. The predicted molar refractivity (Wildman–Crippen MR) is 102 cm³/mol. The highest BCUT2D eigenvalue weighted by Crippen LogP contribution is 2.24. The fourth-order valence-electron chi connectivity index (χ4n) is 3.37. The van der Waals surface area contributed by atoms with E-state index in [1.807, 2.05) is 16.8 Å². The molecular weight excluding hydrogens is 365 g/mol. The Morgan fingerprint density at radius 1 is 1.11 bits per heavy atom. The smallest absolute Gasteiger partial charge is 0.267 e. The van der Waals surface area contributed by atoms with Crippen LogP contribution in [-0.4, -0.2) is 33.7 Å². The second-order valence-corrected chi connectivity index (χ2v) is 7.30. The molecule has 0 saturated carbocycles. The molecule has 1 saturated heterocycles. The molecule has 27 heavy (non-hydrogen) atoms. The van der Waals surface area contributed by atoms with E-state index in [1.165, 1.54) is 22.9 Å². The van der Waals surface area contributed by atoms with Crippen molar-refractivity contribution >= 4 is 17.2 Å². The number of benzene rings is 1. The van der Waals surface area contributed by atoms with Crippen molar-refractivity contribution in [2.45, 2.75) is 18.9 Å². The largest absolute Gasteiger partial charge is 0.338 e. The first kappa shape index (κ1) is 17.6. The molecule has 3 heterocycles. The molecule has 0 aliphatic carbocycles. The lowest BCUT2D eigenvalue weighted by molar-refractivity contribution is 0.0683. The van der Waals surface area contributed by atoms with Gasteiger partial charge in [-0.1, -0.05) is 12.1 Å². The number of carbonyl (C=O) groups is 1. The molecule has 7 heteroatoms. The Balaban J connectivity index is 1.50. The van der Waals surface area contributed by atoms with Gasteiger partial charge in [-0.3, -0.25) is 9.59 Å². The number of amides is 1. The molecule has 1 aromatic carbocycles. The Hall–Kier alpha value is -2.80. The summed E-state index contributed by atoms with van der Waals surface area (Å²) in [5, 5.41) is 8.49. The van der Waals surface area contributed by atoms with Gasteiger partial charge >= 0.3 is 0 Å². The normalized spacial score (nSPS) is 15.1. The van der Waals surface area contributed by atoms with Gasteiger partial charge in [0.05, 0.1) is 17.3 Å². The number of thiophene rings is 1. The second kappa shape index (κ2) is 7.44. The van der Waals surface area contributed by atoms with Gasteiger partial charge in [0.15, 0.2) is 0 Å². The van der Waals surface area contributed by atoms with Crippen LogP contribution in [0, 0.1) is 5.82 Å². The van der Waals surface area contributed by atoms with Crippen molar-refractivity contribution < 1.29 is 9.18 Å². The molecular formula is C20H18FN3O2S.